The van der Waals surface area contributed by atoms with Gasteiger partial charge in [0.1, 0.15) is 0 Å². The predicted molar refractivity (Wildman–Crippen MR) is 103 cm³/mol. The summed E-state index contributed by atoms with van der Waals surface area (Å²) < 4.78 is 0. The maximum absolute atomic E-state index is 13.2. The van der Waals surface area contributed by atoms with Crippen LogP contribution < -0.4 is 10.2 Å². The van der Waals surface area contributed by atoms with Crippen molar-refractivity contribution in [2.75, 3.05) is 50.0 Å². The standard InChI is InChI=1S/C19H21N5O2.H2O/c1-22-9-11-23(12-10-22)13-17(25)24-16-7-3-2-5-14(16)19(26)21-15-6-4-8-20-18(15)24;/h2-8H,9-13H2,1H3,(H,21,26);1H2. The highest BCUT2D eigenvalue weighted by Crippen LogP contribution is 2.36. The Bertz CT molecular complexity index is 849. The van der Waals surface area contributed by atoms with E-state index in [0.29, 0.717) is 29.3 Å². The number of rotatable bonds is 2. The largest absolute Gasteiger partial charge is 0.412 e. The maximum atomic E-state index is 13.2. The molecule has 0 spiro atoms. The third kappa shape index (κ3) is 3.68. The van der Waals surface area contributed by atoms with Crippen LogP contribution in [0.5, 0.6) is 0 Å². The van der Waals surface area contributed by atoms with Crippen LogP contribution in [-0.4, -0.2) is 71.8 Å². The fourth-order valence-corrected chi connectivity index (χ4v) is 3.36. The smallest absolute Gasteiger partial charge is 0.257 e. The molecule has 142 valence electrons. The van der Waals surface area contributed by atoms with Crippen LogP contribution in [0.15, 0.2) is 42.6 Å². The number of anilines is 3. The molecule has 27 heavy (non-hydrogen) atoms. The van der Waals surface area contributed by atoms with Gasteiger partial charge in [0, 0.05) is 32.4 Å². The predicted octanol–water partition coefficient (Wildman–Crippen LogP) is 0.735. The number of para-hydroxylation sites is 1. The zero-order chi connectivity index (χ0) is 18.1. The van der Waals surface area contributed by atoms with Crippen molar-refractivity contribution in [1.29, 1.82) is 0 Å². The molecule has 2 aliphatic rings. The van der Waals surface area contributed by atoms with Gasteiger partial charge in [0.05, 0.1) is 23.5 Å². The van der Waals surface area contributed by atoms with E-state index < -0.39 is 0 Å². The Morgan fingerprint density at radius 2 is 1.85 bits per heavy atom. The summed E-state index contributed by atoms with van der Waals surface area (Å²) >= 11 is 0. The average molecular weight is 369 g/mol. The number of carbonyl (C=O) groups excluding carboxylic acids is 2. The molecule has 2 aliphatic heterocycles. The molecular weight excluding hydrogens is 346 g/mol. The molecule has 3 heterocycles. The summed E-state index contributed by atoms with van der Waals surface area (Å²) in [5.41, 5.74) is 1.58. The molecular formula is C19H23N5O3. The molecule has 0 bridgehead atoms. The molecule has 3 N–H and O–H groups in total. The monoisotopic (exact) mass is 369 g/mol. The highest BCUT2D eigenvalue weighted by atomic mass is 16.2. The van der Waals surface area contributed by atoms with Gasteiger partial charge in [0.2, 0.25) is 5.91 Å². The number of aromatic nitrogens is 1. The molecule has 0 atom stereocenters. The van der Waals surface area contributed by atoms with Gasteiger partial charge in [-0.15, -0.1) is 0 Å². The van der Waals surface area contributed by atoms with Gasteiger partial charge in [-0.3, -0.25) is 19.4 Å². The first-order chi connectivity index (χ1) is 12.6. The second-order valence-corrected chi connectivity index (χ2v) is 6.65. The van der Waals surface area contributed by atoms with Crippen molar-refractivity contribution in [3.05, 3.63) is 48.2 Å². The van der Waals surface area contributed by atoms with Gasteiger partial charge in [-0.25, -0.2) is 4.98 Å². The fourth-order valence-electron chi connectivity index (χ4n) is 3.36. The SMILES string of the molecule is CN1CCN(CC(=O)N2c3ccccc3C(=O)Nc3cccnc32)CC1.O. The molecule has 2 aromatic rings. The van der Waals surface area contributed by atoms with E-state index in [1.165, 1.54) is 0 Å². The van der Waals surface area contributed by atoms with Gasteiger partial charge in [-0.1, -0.05) is 12.1 Å². The third-order valence-electron chi connectivity index (χ3n) is 4.84. The number of benzene rings is 1. The second-order valence-electron chi connectivity index (χ2n) is 6.65. The van der Waals surface area contributed by atoms with E-state index in [-0.39, 0.29) is 17.3 Å². The van der Waals surface area contributed by atoms with Crippen LogP contribution in [0.25, 0.3) is 0 Å². The number of piperazine rings is 1. The molecule has 1 saturated heterocycles. The number of pyridine rings is 1. The minimum atomic E-state index is -0.232. The summed E-state index contributed by atoms with van der Waals surface area (Å²) in [6, 6.07) is 10.7. The normalized spacial score (nSPS) is 17.2. The number of fused-ring (bicyclic) bond motifs is 2. The van der Waals surface area contributed by atoms with Crippen LogP contribution in [-0.2, 0) is 4.79 Å². The number of hydrogen-bond donors (Lipinski definition) is 1. The topological polar surface area (TPSA) is 100 Å². The van der Waals surface area contributed by atoms with Crippen molar-refractivity contribution in [2.45, 2.75) is 0 Å². The molecule has 0 unspecified atom stereocenters. The Balaban J connectivity index is 0.00000210. The Labute approximate surface area is 157 Å². The first-order valence-corrected chi connectivity index (χ1v) is 8.73. The van der Waals surface area contributed by atoms with Gasteiger partial charge < -0.3 is 15.7 Å². The van der Waals surface area contributed by atoms with Crippen LogP contribution in [0, 0.1) is 0 Å². The summed E-state index contributed by atoms with van der Waals surface area (Å²) in [4.78, 5) is 36.1. The Kier molecular flexibility index (Phi) is 5.50. The Hall–Kier alpha value is -2.81. The van der Waals surface area contributed by atoms with E-state index in [4.69, 9.17) is 0 Å². The molecule has 2 amide bonds. The van der Waals surface area contributed by atoms with Gasteiger partial charge in [0.25, 0.3) is 5.91 Å². The quantitative estimate of drug-likeness (QED) is 0.841. The first-order valence-electron chi connectivity index (χ1n) is 8.73. The van der Waals surface area contributed by atoms with Crippen LogP contribution in [0.2, 0.25) is 0 Å². The van der Waals surface area contributed by atoms with E-state index in [1.807, 2.05) is 6.07 Å². The fraction of sp³-hybridized carbons (Fsp3) is 0.316. The van der Waals surface area contributed by atoms with Crippen LogP contribution in [0.3, 0.4) is 0 Å². The lowest BCUT2D eigenvalue weighted by Gasteiger charge is -2.33. The summed E-state index contributed by atoms with van der Waals surface area (Å²) in [6.45, 7) is 3.89. The molecule has 0 radical (unpaired) electrons. The number of carbonyl (C=O) groups is 2. The molecule has 4 rings (SSSR count). The van der Waals surface area contributed by atoms with Crippen molar-refractivity contribution in [2.24, 2.45) is 0 Å². The number of nitrogens with one attached hydrogen (secondary N) is 1. The summed E-state index contributed by atoms with van der Waals surface area (Å²) in [7, 11) is 2.08. The summed E-state index contributed by atoms with van der Waals surface area (Å²) in [6.07, 6.45) is 1.63. The highest BCUT2D eigenvalue weighted by molar-refractivity contribution is 6.17. The van der Waals surface area contributed by atoms with E-state index in [9.17, 15) is 9.59 Å². The summed E-state index contributed by atoms with van der Waals surface area (Å²) in [5, 5.41) is 2.86. The van der Waals surface area contributed by atoms with Gasteiger partial charge >= 0.3 is 0 Å². The molecule has 8 nitrogen and oxygen atoms in total. The summed E-state index contributed by atoms with van der Waals surface area (Å²) in [5.74, 6) is 0.146. The van der Waals surface area contributed by atoms with Gasteiger partial charge in [0.15, 0.2) is 5.82 Å². The van der Waals surface area contributed by atoms with E-state index in [1.54, 1.807) is 41.4 Å². The molecule has 0 aliphatic carbocycles. The highest BCUT2D eigenvalue weighted by Gasteiger charge is 2.31. The van der Waals surface area contributed by atoms with Crippen molar-refractivity contribution >= 4 is 29.0 Å². The van der Waals surface area contributed by atoms with Crippen molar-refractivity contribution in [3.8, 4) is 0 Å². The lowest BCUT2D eigenvalue weighted by molar-refractivity contribution is -0.119. The molecule has 1 fully saturated rings. The first kappa shape index (κ1) is 19.0. The zero-order valence-electron chi connectivity index (χ0n) is 15.2. The van der Waals surface area contributed by atoms with Crippen molar-refractivity contribution in [1.82, 2.24) is 14.8 Å². The number of nitrogens with zero attached hydrogens (tertiary/aromatic N) is 4. The molecule has 1 aromatic carbocycles. The Morgan fingerprint density at radius 1 is 1.11 bits per heavy atom. The molecule has 0 saturated carbocycles. The Morgan fingerprint density at radius 3 is 2.63 bits per heavy atom. The minimum Gasteiger partial charge on any atom is -0.412 e. The van der Waals surface area contributed by atoms with E-state index >= 15 is 0 Å². The van der Waals surface area contributed by atoms with E-state index in [2.05, 4.69) is 27.1 Å². The number of likely N-dealkylation sites (N-methyl/N-ethyl adjacent to an activating group) is 1. The zero-order valence-corrected chi connectivity index (χ0v) is 15.2. The van der Waals surface area contributed by atoms with Gasteiger partial charge in [-0.05, 0) is 31.3 Å². The lowest BCUT2D eigenvalue weighted by atomic mass is 10.1. The van der Waals surface area contributed by atoms with Crippen LogP contribution in [0.1, 0.15) is 10.4 Å². The minimum absolute atomic E-state index is 0. The van der Waals surface area contributed by atoms with Crippen LogP contribution >= 0.6 is 0 Å². The lowest BCUT2D eigenvalue weighted by Crippen LogP contribution is -2.48. The average Bonchev–Trinajstić information content (AvgIpc) is 2.77. The van der Waals surface area contributed by atoms with Crippen molar-refractivity contribution in [3.63, 3.8) is 0 Å². The third-order valence-corrected chi connectivity index (χ3v) is 4.84. The number of hydrogen-bond acceptors (Lipinski definition) is 5. The van der Waals surface area contributed by atoms with E-state index in [0.717, 1.165) is 26.2 Å². The molecule has 8 heteroatoms. The van der Waals surface area contributed by atoms with Gasteiger partial charge in [-0.2, -0.15) is 0 Å². The second kappa shape index (κ2) is 7.83. The van der Waals surface area contributed by atoms with Crippen molar-refractivity contribution < 1.29 is 15.1 Å². The number of amides is 2. The molecule has 1 aromatic heterocycles. The van der Waals surface area contributed by atoms with Crippen LogP contribution in [0.4, 0.5) is 17.2 Å². The maximum Gasteiger partial charge on any atom is 0.257 e.